The van der Waals surface area contributed by atoms with Gasteiger partial charge in [-0.3, -0.25) is 4.79 Å². The molecule has 5 nitrogen and oxygen atoms in total. The van der Waals surface area contributed by atoms with Crippen molar-refractivity contribution in [3.8, 4) is 0 Å². The first-order valence-corrected chi connectivity index (χ1v) is 9.61. The normalized spacial score (nSPS) is 11.9. The first-order chi connectivity index (χ1) is 13.5. The molecule has 0 aliphatic heterocycles. The summed E-state index contributed by atoms with van der Waals surface area (Å²) < 4.78 is 13.8. The number of hydrogen-bond acceptors (Lipinski definition) is 2. The molecule has 0 saturated carbocycles. The summed E-state index contributed by atoms with van der Waals surface area (Å²) in [7, 11) is 0. The van der Waals surface area contributed by atoms with Crippen LogP contribution in [0.5, 0.6) is 0 Å². The third kappa shape index (κ3) is 8.81. The van der Waals surface area contributed by atoms with Crippen LogP contribution in [0.3, 0.4) is 0 Å². The Morgan fingerprint density at radius 3 is 2.52 bits per heavy atom. The van der Waals surface area contributed by atoms with Crippen molar-refractivity contribution in [2.24, 2.45) is 4.99 Å². The molecule has 158 valence electrons. The van der Waals surface area contributed by atoms with Crippen LogP contribution in [0, 0.1) is 12.7 Å². The summed E-state index contributed by atoms with van der Waals surface area (Å²) in [5, 5.41) is 9.20. The second kappa shape index (κ2) is 13.1. The minimum Gasteiger partial charge on any atom is -0.357 e. The monoisotopic (exact) mass is 512 g/mol. The summed E-state index contributed by atoms with van der Waals surface area (Å²) in [6.07, 6.45) is 0.782. The molecule has 2 aromatic carbocycles. The molecule has 0 spiro atoms. The van der Waals surface area contributed by atoms with Gasteiger partial charge in [0.25, 0.3) is 0 Å². The second-order valence-electron chi connectivity index (χ2n) is 6.66. The highest BCUT2D eigenvalue weighted by molar-refractivity contribution is 14.0. The van der Waals surface area contributed by atoms with Crippen molar-refractivity contribution in [2.45, 2.75) is 33.2 Å². The van der Waals surface area contributed by atoms with E-state index in [1.54, 1.807) is 13.0 Å². The number of aliphatic imine (C=N–C) groups is 1. The van der Waals surface area contributed by atoms with Gasteiger partial charge in [-0.15, -0.1) is 24.0 Å². The lowest BCUT2D eigenvalue weighted by molar-refractivity contribution is -0.119. The van der Waals surface area contributed by atoms with E-state index in [4.69, 9.17) is 0 Å². The summed E-state index contributed by atoms with van der Waals surface area (Å²) in [5.41, 5.74) is 2.62. The number of amides is 1. The van der Waals surface area contributed by atoms with Gasteiger partial charge in [-0.2, -0.15) is 0 Å². The molecular formula is C22H30FIN4O. The average Bonchev–Trinajstić information content (AvgIpc) is 2.69. The lowest BCUT2D eigenvalue weighted by Gasteiger charge is -2.18. The Morgan fingerprint density at radius 2 is 1.86 bits per heavy atom. The van der Waals surface area contributed by atoms with Crippen LogP contribution in [0.1, 0.15) is 36.6 Å². The van der Waals surface area contributed by atoms with Gasteiger partial charge in [-0.05, 0) is 49.9 Å². The smallest absolute Gasteiger partial charge is 0.241 e. The molecule has 29 heavy (non-hydrogen) atoms. The number of guanidine groups is 1. The molecule has 3 N–H and O–H groups in total. The van der Waals surface area contributed by atoms with Crippen LogP contribution in [-0.4, -0.2) is 31.5 Å². The van der Waals surface area contributed by atoms with Gasteiger partial charge < -0.3 is 16.0 Å². The Morgan fingerprint density at radius 1 is 1.14 bits per heavy atom. The molecule has 1 atom stereocenters. The zero-order chi connectivity index (χ0) is 20.4. The van der Waals surface area contributed by atoms with Crippen LogP contribution in [0.25, 0.3) is 0 Å². The number of halogens is 2. The van der Waals surface area contributed by atoms with Gasteiger partial charge in [0, 0.05) is 13.1 Å². The maximum atomic E-state index is 13.8. The number of carbonyl (C=O) groups is 1. The number of nitrogens with zero attached hydrogens (tertiary/aromatic N) is 1. The van der Waals surface area contributed by atoms with Crippen molar-refractivity contribution in [3.63, 3.8) is 0 Å². The highest BCUT2D eigenvalue weighted by atomic mass is 127. The highest BCUT2D eigenvalue weighted by Gasteiger charge is 2.10. The minimum absolute atomic E-state index is 0. The van der Waals surface area contributed by atoms with Crippen molar-refractivity contribution < 1.29 is 9.18 Å². The third-order valence-corrected chi connectivity index (χ3v) is 4.35. The molecule has 0 saturated heterocycles. The van der Waals surface area contributed by atoms with Crippen LogP contribution < -0.4 is 16.0 Å². The molecule has 7 heteroatoms. The molecule has 0 heterocycles. The lowest BCUT2D eigenvalue weighted by atomic mass is 10.1. The number of hydrogen-bond donors (Lipinski definition) is 3. The van der Waals surface area contributed by atoms with Crippen LogP contribution in [0.15, 0.2) is 53.5 Å². The highest BCUT2D eigenvalue weighted by Crippen LogP contribution is 2.16. The summed E-state index contributed by atoms with van der Waals surface area (Å²) in [4.78, 5) is 16.4. The van der Waals surface area contributed by atoms with E-state index in [1.165, 1.54) is 11.6 Å². The Hall–Kier alpha value is -2.16. The van der Waals surface area contributed by atoms with E-state index in [-0.39, 0.29) is 48.3 Å². The number of rotatable bonds is 8. The fourth-order valence-electron chi connectivity index (χ4n) is 2.68. The van der Waals surface area contributed by atoms with E-state index in [0.717, 1.165) is 12.0 Å². The van der Waals surface area contributed by atoms with E-state index in [2.05, 4.69) is 20.9 Å². The Labute approximate surface area is 189 Å². The Balaban J connectivity index is 0.00000420. The van der Waals surface area contributed by atoms with Crippen molar-refractivity contribution in [1.29, 1.82) is 0 Å². The maximum Gasteiger partial charge on any atom is 0.241 e. The predicted molar refractivity (Wildman–Crippen MR) is 127 cm³/mol. The Bertz CT molecular complexity index is 799. The number of aryl methyl sites for hydroxylation is 1. The van der Waals surface area contributed by atoms with E-state index in [9.17, 15) is 9.18 Å². The molecule has 1 amide bonds. The number of nitrogens with one attached hydrogen (secondary N) is 3. The summed E-state index contributed by atoms with van der Waals surface area (Å²) >= 11 is 0. The van der Waals surface area contributed by atoms with E-state index in [0.29, 0.717) is 24.6 Å². The standard InChI is InChI=1S/C22H29FN4O.HI/c1-4-24-22(27-17(3)19-11-10-16(2)20(23)14-19)26-15-21(28)25-13-12-18-8-6-5-7-9-18;/h5-11,14,17H,4,12-13,15H2,1-3H3,(H,25,28)(H2,24,26,27);1H. The molecular weight excluding hydrogens is 482 g/mol. The first kappa shape index (κ1) is 24.9. The van der Waals surface area contributed by atoms with Gasteiger partial charge in [0.1, 0.15) is 12.4 Å². The third-order valence-electron chi connectivity index (χ3n) is 4.35. The van der Waals surface area contributed by atoms with E-state index >= 15 is 0 Å². The molecule has 1 unspecified atom stereocenters. The van der Waals surface area contributed by atoms with Crippen LogP contribution in [0.4, 0.5) is 4.39 Å². The zero-order valence-electron chi connectivity index (χ0n) is 17.2. The van der Waals surface area contributed by atoms with E-state index < -0.39 is 0 Å². The summed E-state index contributed by atoms with van der Waals surface area (Å²) in [5.74, 6) is 0.155. The fourth-order valence-corrected chi connectivity index (χ4v) is 2.68. The van der Waals surface area contributed by atoms with Gasteiger partial charge in [0.05, 0.1) is 6.04 Å². The average molecular weight is 512 g/mol. The largest absolute Gasteiger partial charge is 0.357 e. The molecule has 0 radical (unpaired) electrons. The minimum atomic E-state index is -0.231. The second-order valence-corrected chi connectivity index (χ2v) is 6.66. The predicted octanol–water partition coefficient (Wildman–Crippen LogP) is 3.73. The molecule has 0 bridgehead atoms. The quantitative estimate of drug-likeness (QED) is 0.287. The van der Waals surface area contributed by atoms with Gasteiger partial charge in [-0.25, -0.2) is 9.38 Å². The van der Waals surface area contributed by atoms with E-state index in [1.807, 2.05) is 50.2 Å². The molecule has 2 rings (SSSR count). The SMILES string of the molecule is CCNC(=NCC(=O)NCCc1ccccc1)NC(C)c1ccc(C)c(F)c1.I. The van der Waals surface area contributed by atoms with Crippen molar-refractivity contribution in [2.75, 3.05) is 19.6 Å². The maximum absolute atomic E-state index is 13.8. The summed E-state index contributed by atoms with van der Waals surface area (Å²) in [6, 6.07) is 15.0. The fraction of sp³-hybridized carbons (Fsp3) is 0.364. The van der Waals surface area contributed by atoms with Crippen molar-refractivity contribution in [3.05, 3.63) is 71.0 Å². The first-order valence-electron chi connectivity index (χ1n) is 9.61. The van der Waals surface area contributed by atoms with Crippen molar-refractivity contribution >= 4 is 35.8 Å². The summed E-state index contributed by atoms with van der Waals surface area (Å²) in [6.45, 7) is 6.88. The van der Waals surface area contributed by atoms with Crippen LogP contribution in [-0.2, 0) is 11.2 Å². The molecule has 0 aromatic heterocycles. The van der Waals surface area contributed by atoms with Gasteiger partial charge in [-0.1, -0.05) is 42.5 Å². The molecule has 2 aromatic rings. The van der Waals surface area contributed by atoms with Crippen molar-refractivity contribution in [1.82, 2.24) is 16.0 Å². The van der Waals surface area contributed by atoms with Gasteiger partial charge in [0.15, 0.2) is 5.96 Å². The van der Waals surface area contributed by atoms with Crippen LogP contribution in [0.2, 0.25) is 0 Å². The van der Waals surface area contributed by atoms with Gasteiger partial charge >= 0.3 is 0 Å². The number of benzene rings is 2. The molecule has 0 aliphatic rings. The lowest BCUT2D eigenvalue weighted by Crippen LogP contribution is -2.40. The van der Waals surface area contributed by atoms with Gasteiger partial charge in [0.2, 0.25) is 5.91 Å². The molecule has 0 fully saturated rings. The number of carbonyl (C=O) groups excluding carboxylic acids is 1. The topological polar surface area (TPSA) is 65.5 Å². The van der Waals surface area contributed by atoms with Crippen LogP contribution >= 0.6 is 24.0 Å². The zero-order valence-corrected chi connectivity index (χ0v) is 19.5. The Kier molecular flexibility index (Phi) is 11.3. The molecule has 0 aliphatic carbocycles.